The highest BCUT2D eigenvalue weighted by molar-refractivity contribution is 9.10. The summed E-state index contributed by atoms with van der Waals surface area (Å²) in [6.07, 6.45) is 1.76. The fourth-order valence-corrected chi connectivity index (χ4v) is 2.72. The minimum atomic E-state index is 0.0929. The van der Waals surface area contributed by atoms with Crippen LogP contribution < -0.4 is 10.1 Å². The standard InChI is InChI=1S/C15H16BrClN2O/c1-3-20-15-7-5-12(9-18-15)19-10(2)13-6-4-11(16)8-14(13)17/h4-10,19H,3H2,1-2H3. The third kappa shape index (κ3) is 3.87. The molecule has 0 saturated carbocycles. The summed E-state index contributed by atoms with van der Waals surface area (Å²) >= 11 is 9.66. The molecule has 1 heterocycles. The molecule has 0 amide bonds. The van der Waals surface area contributed by atoms with Gasteiger partial charge >= 0.3 is 0 Å². The van der Waals surface area contributed by atoms with Crippen LogP contribution in [0.1, 0.15) is 25.5 Å². The van der Waals surface area contributed by atoms with Crippen LogP contribution in [0.3, 0.4) is 0 Å². The number of nitrogens with one attached hydrogen (secondary N) is 1. The molecule has 0 fully saturated rings. The third-order valence-electron chi connectivity index (χ3n) is 2.84. The predicted molar refractivity (Wildman–Crippen MR) is 86.6 cm³/mol. The number of anilines is 1. The Morgan fingerprint density at radius 2 is 2.15 bits per heavy atom. The summed E-state index contributed by atoms with van der Waals surface area (Å²) in [6.45, 7) is 4.61. The molecule has 1 unspecified atom stereocenters. The number of nitrogens with zero attached hydrogens (tertiary/aromatic N) is 1. The Bertz CT molecular complexity index is 575. The molecule has 0 radical (unpaired) electrons. The van der Waals surface area contributed by atoms with Crippen molar-refractivity contribution in [2.75, 3.05) is 11.9 Å². The molecule has 0 bridgehead atoms. The van der Waals surface area contributed by atoms with Gasteiger partial charge in [0.2, 0.25) is 5.88 Å². The molecule has 0 saturated heterocycles. The minimum absolute atomic E-state index is 0.0929. The summed E-state index contributed by atoms with van der Waals surface area (Å²) in [4.78, 5) is 4.23. The number of ether oxygens (including phenoxy) is 1. The van der Waals surface area contributed by atoms with E-state index in [0.717, 1.165) is 20.7 Å². The second-order valence-corrected chi connectivity index (χ2v) is 5.67. The zero-order valence-corrected chi connectivity index (χ0v) is 13.7. The van der Waals surface area contributed by atoms with Crippen LogP contribution >= 0.6 is 27.5 Å². The number of rotatable bonds is 5. The molecule has 1 aromatic heterocycles. The summed E-state index contributed by atoms with van der Waals surface area (Å²) in [5.41, 5.74) is 1.98. The van der Waals surface area contributed by atoms with Crippen LogP contribution in [0.15, 0.2) is 41.0 Å². The smallest absolute Gasteiger partial charge is 0.213 e. The lowest BCUT2D eigenvalue weighted by molar-refractivity contribution is 0.327. The average molecular weight is 356 g/mol. The van der Waals surface area contributed by atoms with Crippen LogP contribution in [0.5, 0.6) is 5.88 Å². The SMILES string of the molecule is CCOc1ccc(NC(C)c2ccc(Br)cc2Cl)cn1. The Morgan fingerprint density at radius 1 is 1.35 bits per heavy atom. The van der Waals surface area contributed by atoms with Crippen LogP contribution in [0, 0.1) is 0 Å². The van der Waals surface area contributed by atoms with Gasteiger partial charge in [-0.1, -0.05) is 33.6 Å². The normalized spacial score (nSPS) is 12.0. The first-order valence-electron chi connectivity index (χ1n) is 6.40. The van der Waals surface area contributed by atoms with Crippen LogP contribution in [0.2, 0.25) is 5.02 Å². The zero-order valence-electron chi connectivity index (χ0n) is 11.4. The van der Waals surface area contributed by atoms with Gasteiger partial charge in [-0.15, -0.1) is 0 Å². The van der Waals surface area contributed by atoms with E-state index in [4.69, 9.17) is 16.3 Å². The van der Waals surface area contributed by atoms with Crippen LogP contribution in [-0.2, 0) is 0 Å². The zero-order chi connectivity index (χ0) is 14.5. The van der Waals surface area contributed by atoms with Crippen LogP contribution in [-0.4, -0.2) is 11.6 Å². The van der Waals surface area contributed by atoms with E-state index in [2.05, 4.69) is 33.2 Å². The van der Waals surface area contributed by atoms with Gasteiger partial charge in [0.05, 0.1) is 24.5 Å². The molecule has 0 aliphatic heterocycles. The van der Waals surface area contributed by atoms with E-state index in [1.54, 1.807) is 6.20 Å². The summed E-state index contributed by atoms with van der Waals surface area (Å²) in [6, 6.07) is 9.77. The first-order chi connectivity index (χ1) is 9.60. The van der Waals surface area contributed by atoms with Crippen molar-refractivity contribution in [1.29, 1.82) is 0 Å². The summed E-state index contributed by atoms with van der Waals surface area (Å²) in [5.74, 6) is 0.632. The first kappa shape index (κ1) is 15.1. The highest BCUT2D eigenvalue weighted by atomic mass is 79.9. The molecule has 2 rings (SSSR count). The van der Waals surface area contributed by atoms with Gasteiger partial charge < -0.3 is 10.1 Å². The molecule has 0 aliphatic rings. The van der Waals surface area contributed by atoms with E-state index in [1.165, 1.54) is 0 Å². The van der Waals surface area contributed by atoms with Gasteiger partial charge in [0, 0.05) is 15.6 Å². The molecule has 106 valence electrons. The number of aromatic nitrogens is 1. The van der Waals surface area contributed by atoms with Gasteiger partial charge in [0.1, 0.15) is 0 Å². The maximum atomic E-state index is 6.25. The molecular formula is C15H16BrClN2O. The van der Waals surface area contributed by atoms with Gasteiger partial charge in [-0.05, 0) is 37.6 Å². The predicted octanol–water partition coefficient (Wildman–Crippen LogP) is 5.07. The van der Waals surface area contributed by atoms with E-state index in [1.807, 2.05) is 37.3 Å². The topological polar surface area (TPSA) is 34.1 Å². The van der Waals surface area contributed by atoms with E-state index in [-0.39, 0.29) is 6.04 Å². The lowest BCUT2D eigenvalue weighted by atomic mass is 10.1. The maximum Gasteiger partial charge on any atom is 0.213 e. The Balaban J connectivity index is 2.08. The van der Waals surface area contributed by atoms with Gasteiger partial charge in [-0.2, -0.15) is 0 Å². The van der Waals surface area contributed by atoms with E-state index in [9.17, 15) is 0 Å². The second-order valence-electron chi connectivity index (χ2n) is 4.35. The van der Waals surface area contributed by atoms with Gasteiger partial charge in [0.15, 0.2) is 0 Å². The lowest BCUT2D eigenvalue weighted by Gasteiger charge is -2.17. The monoisotopic (exact) mass is 354 g/mol. The Labute approximate surface area is 132 Å². The fraction of sp³-hybridized carbons (Fsp3) is 0.267. The fourth-order valence-electron chi connectivity index (χ4n) is 1.88. The molecule has 0 aliphatic carbocycles. The van der Waals surface area contributed by atoms with Crippen molar-refractivity contribution in [1.82, 2.24) is 4.98 Å². The summed E-state index contributed by atoms with van der Waals surface area (Å²) < 4.78 is 6.29. The van der Waals surface area contributed by atoms with Crippen molar-refractivity contribution in [2.45, 2.75) is 19.9 Å². The quantitative estimate of drug-likeness (QED) is 0.813. The van der Waals surface area contributed by atoms with Crippen molar-refractivity contribution < 1.29 is 4.74 Å². The summed E-state index contributed by atoms with van der Waals surface area (Å²) in [5, 5.41) is 4.10. The largest absolute Gasteiger partial charge is 0.478 e. The average Bonchev–Trinajstić information content (AvgIpc) is 2.41. The van der Waals surface area contributed by atoms with Gasteiger partial charge in [0.25, 0.3) is 0 Å². The Morgan fingerprint density at radius 3 is 2.75 bits per heavy atom. The Hall–Kier alpha value is -1.26. The van der Waals surface area contributed by atoms with E-state index < -0.39 is 0 Å². The van der Waals surface area contributed by atoms with Crippen LogP contribution in [0.25, 0.3) is 0 Å². The molecule has 2 aromatic rings. The van der Waals surface area contributed by atoms with Crippen LogP contribution in [0.4, 0.5) is 5.69 Å². The number of pyridine rings is 1. The van der Waals surface area contributed by atoms with Crippen molar-refractivity contribution >= 4 is 33.2 Å². The highest BCUT2D eigenvalue weighted by Gasteiger charge is 2.10. The van der Waals surface area contributed by atoms with Gasteiger partial charge in [-0.25, -0.2) is 4.98 Å². The van der Waals surface area contributed by atoms with Crippen molar-refractivity contribution in [3.05, 3.63) is 51.6 Å². The highest BCUT2D eigenvalue weighted by Crippen LogP contribution is 2.28. The first-order valence-corrected chi connectivity index (χ1v) is 7.57. The molecule has 0 spiro atoms. The molecule has 1 N–H and O–H groups in total. The number of hydrogen-bond acceptors (Lipinski definition) is 3. The van der Waals surface area contributed by atoms with Crippen molar-refractivity contribution in [3.8, 4) is 5.88 Å². The molecular weight excluding hydrogens is 340 g/mol. The summed E-state index contributed by atoms with van der Waals surface area (Å²) in [7, 11) is 0. The maximum absolute atomic E-state index is 6.25. The number of hydrogen-bond donors (Lipinski definition) is 1. The van der Waals surface area contributed by atoms with E-state index >= 15 is 0 Å². The Kier molecular flexibility index (Phi) is 5.26. The molecule has 3 nitrogen and oxygen atoms in total. The second kappa shape index (κ2) is 6.95. The van der Waals surface area contributed by atoms with Crippen molar-refractivity contribution in [2.24, 2.45) is 0 Å². The molecule has 1 atom stereocenters. The van der Waals surface area contributed by atoms with E-state index in [0.29, 0.717) is 12.5 Å². The number of benzene rings is 1. The third-order valence-corrected chi connectivity index (χ3v) is 3.66. The number of halogens is 2. The van der Waals surface area contributed by atoms with Gasteiger partial charge in [-0.3, -0.25) is 0 Å². The molecule has 20 heavy (non-hydrogen) atoms. The lowest BCUT2D eigenvalue weighted by Crippen LogP contribution is -2.07. The molecule has 1 aromatic carbocycles. The molecule has 5 heteroatoms. The van der Waals surface area contributed by atoms with Crippen molar-refractivity contribution in [3.63, 3.8) is 0 Å². The minimum Gasteiger partial charge on any atom is -0.478 e.